The monoisotopic (exact) mass is 459 g/mol. The molecule has 0 heterocycles. The lowest BCUT2D eigenvalue weighted by Gasteiger charge is -2.29. The van der Waals surface area contributed by atoms with Gasteiger partial charge in [-0.3, -0.25) is 0 Å². The van der Waals surface area contributed by atoms with Crippen LogP contribution in [0.2, 0.25) is 0 Å². The Morgan fingerprint density at radius 3 is 1.72 bits per heavy atom. The highest BCUT2D eigenvalue weighted by atomic mass is 15.1. The van der Waals surface area contributed by atoms with Crippen LogP contribution in [0.15, 0.2) is 133 Å². The number of anilines is 3. The smallest absolute Gasteiger partial charge is 0.0546 e. The SMILES string of the molecule is Cc1ccccc1N(c1ccc2ccc3ccccc3c2c1)c1cc2ccccc2c2ccccc12. The summed E-state index contributed by atoms with van der Waals surface area (Å²) < 4.78 is 0. The van der Waals surface area contributed by atoms with E-state index < -0.39 is 0 Å². The molecule has 0 atom stereocenters. The Bertz CT molecular complexity index is 1910. The number of hydrogen-bond acceptors (Lipinski definition) is 1. The van der Waals surface area contributed by atoms with E-state index >= 15 is 0 Å². The number of para-hydroxylation sites is 1. The quantitative estimate of drug-likeness (QED) is 0.238. The van der Waals surface area contributed by atoms with E-state index in [1.165, 1.54) is 60.0 Å². The van der Waals surface area contributed by atoms with Gasteiger partial charge in [0.1, 0.15) is 0 Å². The van der Waals surface area contributed by atoms with Crippen LogP contribution in [-0.2, 0) is 0 Å². The largest absolute Gasteiger partial charge is 0.310 e. The average molecular weight is 460 g/mol. The van der Waals surface area contributed by atoms with Crippen molar-refractivity contribution in [2.75, 3.05) is 4.90 Å². The number of fused-ring (bicyclic) bond motifs is 6. The molecule has 0 aliphatic rings. The Morgan fingerprint density at radius 1 is 0.389 bits per heavy atom. The first-order chi connectivity index (χ1) is 17.8. The second kappa shape index (κ2) is 8.25. The third kappa shape index (κ3) is 3.25. The van der Waals surface area contributed by atoms with Crippen LogP contribution < -0.4 is 4.90 Å². The molecule has 0 saturated heterocycles. The molecule has 0 unspecified atom stereocenters. The van der Waals surface area contributed by atoms with Gasteiger partial charge < -0.3 is 4.90 Å². The van der Waals surface area contributed by atoms with Gasteiger partial charge in [0, 0.05) is 16.8 Å². The summed E-state index contributed by atoms with van der Waals surface area (Å²) in [5.41, 5.74) is 4.79. The van der Waals surface area contributed by atoms with Crippen molar-refractivity contribution in [2.45, 2.75) is 6.92 Å². The predicted molar refractivity (Wildman–Crippen MR) is 156 cm³/mol. The Kier molecular flexibility index (Phi) is 4.75. The molecular formula is C35H25N. The van der Waals surface area contributed by atoms with E-state index in [1.807, 2.05) is 0 Å². The molecule has 0 N–H and O–H groups in total. The normalized spacial score (nSPS) is 11.5. The summed E-state index contributed by atoms with van der Waals surface area (Å²) >= 11 is 0. The van der Waals surface area contributed by atoms with Crippen LogP contribution in [0.3, 0.4) is 0 Å². The molecule has 0 spiro atoms. The van der Waals surface area contributed by atoms with Crippen molar-refractivity contribution in [3.8, 4) is 0 Å². The van der Waals surface area contributed by atoms with Crippen LogP contribution in [0.5, 0.6) is 0 Å². The molecule has 0 aliphatic carbocycles. The fourth-order valence-corrected chi connectivity index (χ4v) is 5.57. The zero-order valence-corrected chi connectivity index (χ0v) is 20.1. The molecule has 36 heavy (non-hydrogen) atoms. The van der Waals surface area contributed by atoms with Crippen LogP contribution in [0.1, 0.15) is 5.56 Å². The van der Waals surface area contributed by atoms with Crippen LogP contribution in [0.4, 0.5) is 17.1 Å². The highest BCUT2D eigenvalue weighted by molar-refractivity contribution is 6.15. The highest BCUT2D eigenvalue weighted by Crippen LogP contribution is 2.44. The molecule has 7 aromatic carbocycles. The van der Waals surface area contributed by atoms with Gasteiger partial charge >= 0.3 is 0 Å². The number of rotatable bonds is 3. The fourth-order valence-electron chi connectivity index (χ4n) is 5.57. The van der Waals surface area contributed by atoms with Gasteiger partial charge in [-0.2, -0.15) is 0 Å². The summed E-state index contributed by atoms with van der Waals surface area (Å²) in [6, 6.07) is 48.5. The second-order valence-electron chi connectivity index (χ2n) is 9.48. The molecule has 7 rings (SSSR count). The summed E-state index contributed by atoms with van der Waals surface area (Å²) in [7, 11) is 0. The minimum Gasteiger partial charge on any atom is -0.310 e. The maximum absolute atomic E-state index is 2.44. The molecule has 0 aromatic heterocycles. The van der Waals surface area contributed by atoms with Crippen molar-refractivity contribution in [1.82, 2.24) is 0 Å². The summed E-state index contributed by atoms with van der Waals surface area (Å²) in [5.74, 6) is 0. The molecule has 7 aromatic rings. The van der Waals surface area contributed by atoms with Crippen molar-refractivity contribution in [3.05, 3.63) is 139 Å². The lowest BCUT2D eigenvalue weighted by molar-refractivity contribution is 1.27. The maximum atomic E-state index is 2.44. The van der Waals surface area contributed by atoms with Gasteiger partial charge in [-0.05, 0) is 74.5 Å². The van der Waals surface area contributed by atoms with Gasteiger partial charge in [-0.25, -0.2) is 0 Å². The van der Waals surface area contributed by atoms with Gasteiger partial charge in [0.2, 0.25) is 0 Å². The second-order valence-corrected chi connectivity index (χ2v) is 9.48. The molecule has 1 heteroatoms. The first kappa shape index (κ1) is 20.7. The number of hydrogen-bond donors (Lipinski definition) is 0. The lowest BCUT2D eigenvalue weighted by atomic mass is 9.97. The van der Waals surface area contributed by atoms with Crippen LogP contribution in [0, 0.1) is 6.92 Å². The zero-order valence-electron chi connectivity index (χ0n) is 20.1. The van der Waals surface area contributed by atoms with Crippen LogP contribution in [0.25, 0.3) is 43.1 Å². The van der Waals surface area contributed by atoms with Gasteiger partial charge in [0.15, 0.2) is 0 Å². The van der Waals surface area contributed by atoms with Crippen molar-refractivity contribution in [1.29, 1.82) is 0 Å². The van der Waals surface area contributed by atoms with E-state index in [0.29, 0.717) is 0 Å². The number of nitrogens with zero attached hydrogens (tertiary/aromatic N) is 1. The third-order valence-corrected chi connectivity index (χ3v) is 7.33. The van der Waals surface area contributed by atoms with E-state index in [0.717, 1.165) is 5.69 Å². The first-order valence-corrected chi connectivity index (χ1v) is 12.5. The Labute approximate surface area is 210 Å². The minimum absolute atomic E-state index is 1.16. The number of benzene rings is 7. The molecule has 0 saturated carbocycles. The molecule has 1 nitrogen and oxygen atoms in total. The van der Waals surface area contributed by atoms with Gasteiger partial charge in [0.05, 0.1) is 5.69 Å². The van der Waals surface area contributed by atoms with Crippen LogP contribution >= 0.6 is 0 Å². The third-order valence-electron chi connectivity index (χ3n) is 7.33. The van der Waals surface area contributed by atoms with E-state index in [4.69, 9.17) is 0 Å². The predicted octanol–water partition coefficient (Wildman–Crippen LogP) is 10.1. The summed E-state index contributed by atoms with van der Waals surface area (Å²) in [5, 5.41) is 10.1. The van der Waals surface area contributed by atoms with Crippen LogP contribution in [-0.4, -0.2) is 0 Å². The fraction of sp³-hybridized carbons (Fsp3) is 0.0286. The topological polar surface area (TPSA) is 3.24 Å². The molecular weight excluding hydrogens is 434 g/mol. The summed E-state index contributed by atoms with van der Waals surface area (Å²) in [6.45, 7) is 2.20. The minimum atomic E-state index is 1.16. The molecule has 170 valence electrons. The average Bonchev–Trinajstić information content (AvgIpc) is 2.94. The van der Waals surface area contributed by atoms with E-state index in [9.17, 15) is 0 Å². The van der Waals surface area contributed by atoms with Gasteiger partial charge in [-0.1, -0.05) is 109 Å². The van der Waals surface area contributed by atoms with Crippen molar-refractivity contribution < 1.29 is 0 Å². The van der Waals surface area contributed by atoms with Crippen molar-refractivity contribution in [2.24, 2.45) is 0 Å². The summed E-state index contributed by atoms with van der Waals surface area (Å²) in [4.78, 5) is 2.44. The molecule has 0 fully saturated rings. The maximum Gasteiger partial charge on any atom is 0.0546 e. The molecule has 0 amide bonds. The van der Waals surface area contributed by atoms with Gasteiger partial charge in [-0.15, -0.1) is 0 Å². The summed E-state index contributed by atoms with van der Waals surface area (Å²) in [6.07, 6.45) is 0. The zero-order chi connectivity index (χ0) is 24.1. The first-order valence-electron chi connectivity index (χ1n) is 12.5. The molecule has 0 radical (unpaired) electrons. The van der Waals surface area contributed by atoms with Gasteiger partial charge in [0.25, 0.3) is 0 Å². The molecule has 0 aliphatic heterocycles. The lowest BCUT2D eigenvalue weighted by Crippen LogP contribution is -2.12. The van der Waals surface area contributed by atoms with Crippen molar-refractivity contribution >= 4 is 60.2 Å². The molecule has 0 bridgehead atoms. The Morgan fingerprint density at radius 2 is 0.944 bits per heavy atom. The van der Waals surface area contributed by atoms with E-state index in [2.05, 4.69) is 145 Å². The highest BCUT2D eigenvalue weighted by Gasteiger charge is 2.19. The van der Waals surface area contributed by atoms with Crippen molar-refractivity contribution in [3.63, 3.8) is 0 Å². The Hall–Kier alpha value is -4.62. The Balaban J connectivity index is 1.59. The van der Waals surface area contributed by atoms with E-state index in [-0.39, 0.29) is 0 Å². The number of aryl methyl sites for hydroxylation is 1. The standard InChI is InChI=1S/C35H25N/c1-24-10-2-9-17-34(24)36(28-21-20-26-19-18-25-11-3-5-13-29(25)33(26)23-28)35-22-27-12-4-6-14-30(27)31-15-7-8-16-32(31)35/h2-23H,1H3. The van der Waals surface area contributed by atoms with E-state index in [1.54, 1.807) is 0 Å².